The molecule has 0 spiro atoms. The van der Waals surface area contributed by atoms with E-state index >= 15 is 0 Å². The standard InChI is InChI=1S/C16H24N4OS.2ClH/c1-16(2,22-5)14(17)15(21)19(3)10-13-18-11-8-6-7-9-12(11)20(13)4;;/h6-9,14H,10,17H2,1-5H3;2*1H/t14-;;/m1../s1. The SMILES string of the molecule is CSC(C)(C)[C@H](N)C(=O)N(C)Cc1nc2ccccc2n1C.Cl.Cl. The monoisotopic (exact) mass is 392 g/mol. The van der Waals surface area contributed by atoms with Gasteiger partial charge in [-0.2, -0.15) is 11.8 Å². The summed E-state index contributed by atoms with van der Waals surface area (Å²) in [5.74, 6) is 0.789. The van der Waals surface area contributed by atoms with Crippen LogP contribution in [0, 0.1) is 0 Å². The third-order valence-corrected chi connectivity index (χ3v) is 5.48. The summed E-state index contributed by atoms with van der Waals surface area (Å²) in [6.45, 7) is 4.43. The Kier molecular flexibility index (Phi) is 8.59. The largest absolute Gasteiger partial charge is 0.337 e. The van der Waals surface area contributed by atoms with Crippen molar-refractivity contribution in [1.82, 2.24) is 14.5 Å². The summed E-state index contributed by atoms with van der Waals surface area (Å²) < 4.78 is 1.72. The Morgan fingerprint density at radius 2 is 1.96 bits per heavy atom. The minimum atomic E-state index is -0.540. The van der Waals surface area contributed by atoms with Crippen LogP contribution in [0.2, 0.25) is 0 Å². The minimum absolute atomic E-state index is 0. The lowest BCUT2D eigenvalue weighted by Gasteiger charge is -2.31. The van der Waals surface area contributed by atoms with Crippen LogP contribution in [0.4, 0.5) is 0 Å². The van der Waals surface area contributed by atoms with Crippen molar-refractivity contribution < 1.29 is 4.79 Å². The molecule has 0 unspecified atom stereocenters. The second kappa shape index (κ2) is 8.94. The van der Waals surface area contributed by atoms with E-state index in [9.17, 15) is 4.79 Å². The Morgan fingerprint density at radius 3 is 2.50 bits per heavy atom. The second-order valence-electron chi connectivity index (χ2n) is 6.06. The van der Waals surface area contributed by atoms with Crippen molar-refractivity contribution in [2.24, 2.45) is 12.8 Å². The molecule has 0 saturated heterocycles. The van der Waals surface area contributed by atoms with Gasteiger partial charge >= 0.3 is 0 Å². The molecule has 0 aliphatic heterocycles. The Balaban J connectivity index is 0.00000264. The van der Waals surface area contributed by atoms with Crippen LogP contribution in [-0.4, -0.2) is 44.5 Å². The number of hydrogen-bond acceptors (Lipinski definition) is 4. The number of nitrogens with two attached hydrogens (primary N) is 1. The number of likely N-dealkylation sites (N-methyl/N-ethyl adjacent to an activating group) is 1. The molecule has 1 aromatic carbocycles. The lowest BCUT2D eigenvalue weighted by Crippen LogP contribution is -2.52. The molecule has 8 heteroatoms. The van der Waals surface area contributed by atoms with Gasteiger partial charge in [0, 0.05) is 18.8 Å². The van der Waals surface area contributed by atoms with Crippen molar-refractivity contribution in [1.29, 1.82) is 0 Å². The number of aromatic nitrogens is 2. The second-order valence-corrected chi connectivity index (χ2v) is 7.52. The molecule has 1 amide bonds. The molecule has 0 saturated carbocycles. The van der Waals surface area contributed by atoms with E-state index in [4.69, 9.17) is 5.73 Å². The molecule has 0 fully saturated rings. The predicted octanol–water partition coefficient (Wildman–Crippen LogP) is 2.84. The lowest BCUT2D eigenvalue weighted by atomic mass is 10.0. The summed E-state index contributed by atoms with van der Waals surface area (Å²) in [6.07, 6.45) is 1.97. The van der Waals surface area contributed by atoms with Crippen LogP contribution in [0.5, 0.6) is 0 Å². The molecule has 2 aromatic rings. The number of hydrogen-bond donors (Lipinski definition) is 1. The molecule has 0 bridgehead atoms. The number of thioether (sulfide) groups is 1. The molecular weight excluding hydrogens is 367 g/mol. The van der Waals surface area contributed by atoms with Crippen molar-refractivity contribution in [3.8, 4) is 0 Å². The molecule has 2 rings (SSSR count). The van der Waals surface area contributed by atoms with Gasteiger partial charge in [0.25, 0.3) is 0 Å². The number of imidazole rings is 1. The van der Waals surface area contributed by atoms with Crippen LogP contribution in [0.3, 0.4) is 0 Å². The first-order valence-corrected chi connectivity index (χ1v) is 8.46. The highest BCUT2D eigenvalue weighted by Crippen LogP contribution is 2.25. The van der Waals surface area contributed by atoms with Gasteiger partial charge in [0.1, 0.15) is 5.82 Å². The third kappa shape index (κ3) is 4.57. The highest BCUT2D eigenvalue weighted by molar-refractivity contribution is 8.00. The van der Waals surface area contributed by atoms with Crippen LogP contribution < -0.4 is 5.73 Å². The quantitative estimate of drug-likeness (QED) is 0.849. The molecule has 0 radical (unpaired) electrons. The van der Waals surface area contributed by atoms with Gasteiger partial charge in [0.2, 0.25) is 5.91 Å². The smallest absolute Gasteiger partial charge is 0.241 e. The van der Waals surface area contributed by atoms with Gasteiger partial charge in [0.15, 0.2) is 0 Å². The van der Waals surface area contributed by atoms with Gasteiger partial charge in [-0.25, -0.2) is 4.98 Å². The van der Waals surface area contributed by atoms with Crippen LogP contribution in [0.25, 0.3) is 11.0 Å². The molecule has 5 nitrogen and oxygen atoms in total. The molecule has 1 atom stereocenters. The highest BCUT2D eigenvalue weighted by atomic mass is 35.5. The first kappa shape index (κ1) is 23.1. The van der Waals surface area contributed by atoms with Gasteiger partial charge < -0.3 is 15.2 Å². The number of fused-ring (bicyclic) bond motifs is 1. The molecule has 1 aromatic heterocycles. The predicted molar refractivity (Wildman–Crippen MR) is 107 cm³/mol. The molecule has 0 aliphatic carbocycles. The van der Waals surface area contributed by atoms with E-state index < -0.39 is 6.04 Å². The fourth-order valence-electron chi connectivity index (χ4n) is 2.29. The van der Waals surface area contributed by atoms with Crippen LogP contribution in [-0.2, 0) is 18.4 Å². The number of benzene rings is 1. The number of rotatable bonds is 5. The maximum Gasteiger partial charge on any atom is 0.241 e. The molecule has 24 heavy (non-hydrogen) atoms. The Bertz CT molecular complexity index is 690. The first-order valence-electron chi connectivity index (χ1n) is 7.24. The number of aryl methyl sites for hydroxylation is 1. The number of carbonyl (C=O) groups is 1. The zero-order valence-electron chi connectivity index (χ0n) is 14.6. The Morgan fingerprint density at radius 1 is 1.38 bits per heavy atom. The molecule has 1 heterocycles. The third-order valence-electron chi connectivity index (χ3n) is 4.18. The molecule has 0 aliphatic rings. The average Bonchev–Trinajstić information content (AvgIpc) is 2.82. The lowest BCUT2D eigenvalue weighted by molar-refractivity contribution is -0.132. The average molecular weight is 393 g/mol. The van der Waals surface area contributed by atoms with Gasteiger partial charge in [-0.15, -0.1) is 24.8 Å². The van der Waals surface area contributed by atoms with E-state index in [1.54, 1.807) is 23.7 Å². The van der Waals surface area contributed by atoms with Gasteiger partial charge in [-0.1, -0.05) is 12.1 Å². The summed E-state index contributed by atoms with van der Waals surface area (Å²) in [5.41, 5.74) is 8.14. The fourth-order valence-corrected chi connectivity index (χ4v) is 2.64. The van der Waals surface area contributed by atoms with Crippen molar-refractivity contribution in [2.45, 2.75) is 31.2 Å². The van der Waals surface area contributed by atoms with E-state index in [1.807, 2.05) is 56.0 Å². The van der Waals surface area contributed by atoms with Crippen molar-refractivity contribution in [3.63, 3.8) is 0 Å². The number of carbonyl (C=O) groups excluding carboxylic acids is 1. The van der Waals surface area contributed by atoms with E-state index in [0.29, 0.717) is 6.54 Å². The van der Waals surface area contributed by atoms with Gasteiger partial charge in [0.05, 0.1) is 23.6 Å². The minimum Gasteiger partial charge on any atom is -0.337 e. The van der Waals surface area contributed by atoms with Crippen molar-refractivity contribution >= 4 is 53.5 Å². The van der Waals surface area contributed by atoms with Crippen LogP contribution >= 0.6 is 36.6 Å². The van der Waals surface area contributed by atoms with E-state index in [1.165, 1.54) is 0 Å². The number of amides is 1. The van der Waals surface area contributed by atoms with E-state index in [-0.39, 0.29) is 35.5 Å². The zero-order chi connectivity index (χ0) is 16.5. The Hall–Kier alpha value is -0.950. The van der Waals surface area contributed by atoms with Crippen molar-refractivity contribution in [2.75, 3.05) is 13.3 Å². The summed E-state index contributed by atoms with van der Waals surface area (Å²) in [7, 11) is 3.74. The topological polar surface area (TPSA) is 64.2 Å². The van der Waals surface area contributed by atoms with Crippen LogP contribution in [0.15, 0.2) is 24.3 Å². The summed E-state index contributed by atoms with van der Waals surface area (Å²) >= 11 is 1.60. The zero-order valence-corrected chi connectivity index (χ0v) is 17.1. The molecular formula is C16H26Cl2N4OS. The molecule has 2 N–H and O–H groups in total. The summed E-state index contributed by atoms with van der Waals surface area (Å²) in [4.78, 5) is 18.8. The summed E-state index contributed by atoms with van der Waals surface area (Å²) in [6, 6.07) is 7.41. The number of nitrogens with zero attached hydrogens (tertiary/aromatic N) is 3. The number of para-hydroxylation sites is 2. The maximum absolute atomic E-state index is 12.5. The normalized spacial score (nSPS) is 12.2. The highest BCUT2D eigenvalue weighted by Gasteiger charge is 2.33. The van der Waals surface area contributed by atoms with Crippen molar-refractivity contribution in [3.05, 3.63) is 30.1 Å². The summed E-state index contributed by atoms with van der Waals surface area (Å²) in [5, 5.41) is 0. The van der Waals surface area contributed by atoms with Gasteiger partial charge in [-0.3, -0.25) is 4.79 Å². The number of halogens is 2. The fraction of sp³-hybridized carbons (Fsp3) is 0.500. The van der Waals surface area contributed by atoms with Crippen LogP contribution in [0.1, 0.15) is 19.7 Å². The Labute approximate surface area is 160 Å². The van der Waals surface area contributed by atoms with E-state index in [0.717, 1.165) is 16.9 Å². The molecule has 136 valence electrons. The maximum atomic E-state index is 12.5. The van der Waals surface area contributed by atoms with E-state index in [2.05, 4.69) is 4.98 Å². The first-order chi connectivity index (χ1) is 10.3. The van der Waals surface area contributed by atoms with Gasteiger partial charge in [-0.05, 0) is 32.2 Å².